The number of pyridine rings is 1. The van der Waals surface area contributed by atoms with Crippen molar-refractivity contribution in [2.45, 2.75) is 69.1 Å². The number of thioether (sulfide) groups is 1. The second-order valence-electron chi connectivity index (χ2n) is 10.5. The summed E-state index contributed by atoms with van der Waals surface area (Å²) >= 11 is 1.66. The van der Waals surface area contributed by atoms with Gasteiger partial charge >= 0.3 is 0 Å². The molecule has 1 aliphatic heterocycles. The van der Waals surface area contributed by atoms with Crippen LogP contribution in [0.5, 0.6) is 0 Å². The second kappa shape index (κ2) is 12.7. The van der Waals surface area contributed by atoms with Gasteiger partial charge in [0.15, 0.2) is 0 Å². The maximum atomic E-state index is 12.9. The molecule has 0 radical (unpaired) electrons. The number of fused-ring (bicyclic) bond motifs is 1. The topological polar surface area (TPSA) is 73.4 Å². The van der Waals surface area contributed by atoms with Gasteiger partial charge in [-0.25, -0.2) is 4.98 Å². The molecule has 1 saturated carbocycles. The Hall–Kier alpha value is -3.06. The monoisotopic (exact) mass is 529 g/mol. The van der Waals surface area contributed by atoms with Crippen LogP contribution in [0.3, 0.4) is 0 Å². The summed E-state index contributed by atoms with van der Waals surface area (Å²) < 4.78 is 0. The maximum Gasteiger partial charge on any atom is 0.222 e. The van der Waals surface area contributed by atoms with Crippen LogP contribution >= 0.6 is 11.8 Å². The van der Waals surface area contributed by atoms with Crippen LogP contribution < -0.4 is 5.32 Å². The zero-order chi connectivity index (χ0) is 26.3. The first kappa shape index (κ1) is 26.5. The number of nitrogens with zero attached hydrogens (tertiary/aromatic N) is 3. The summed E-state index contributed by atoms with van der Waals surface area (Å²) in [6, 6.07) is 10.3. The van der Waals surface area contributed by atoms with E-state index in [1.54, 1.807) is 11.8 Å². The van der Waals surface area contributed by atoms with Crippen molar-refractivity contribution in [2.24, 2.45) is 10.9 Å². The first-order valence-electron chi connectivity index (χ1n) is 14.0. The quantitative estimate of drug-likeness (QED) is 0.228. The van der Waals surface area contributed by atoms with Gasteiger partial charge < -0.3 is 15.2 Å². The lowest BCUT2D eigenvalue weighted by Crippen LogP contribution is -2.34. The third-order valence-corrected chi connectivity index (χ3v) is 8.83. The van der Waals surface area contributed by atoms with Crippen molar-refractivity contribution in [2.75, 3.05) is 24.7 Å². The first-order chi connectivity index (χ1) is 18.6. The van der Waals surface area contributed by atoms with Crippen LogP contribution in [0, 0.1) is 5.92 Å². The molecule has 0 bridgehead atoms. The molecule has 0 unspecified atom stereocenters. The third kappa shape index (κ3) is 6.32. The lowest BCUT2D eigenvalue weighted by atomic mass is 9.88. The Morgan fingerprint density at radius 1 is 1.18 bits per heavy atom. The van der Waals surface area contributed by atoms with E-state index in [1.807, 2.05) is 35.6 Å². The van der Waals surface area contributed by atoms with Gasteiger partial charge in [0.05, 0.1) is 11.4 Å². The fraction of sp³-hybridized carbons (Fsp3) is 0.452. The van der Waals surface area contributed by atoms with Crippen molar-refractivity contribution >= 4 is 58.1 Å². The average Bonchev–Trinajstić information content (AvgIpc) is 3.38. The molecule has 0 atom stereocenters. The van der Waals surface area contributed by atoms with E-state index in [4.69, 9.17) is 0 Å². The Kier molecular flexibility index (Phi) is 8.84. The van der Waals surface area contributed by atoms with E-state index in [1.165, 1.54) is 50.5 Å². The molecule has 0 saturated heterocycles. The lowest BCUT2D eigenvalue weighted by molar-refractivity contribution is -0.131. The molecule has 1 fully saturated rings. The van der Waals surface area contributed by atoms with Crippen molar-refractivity contribution < 1.29 is 4.79 Å². The summed E-state index contributed by atoms with van der Waals surface area (Å²) in [4.78, 5) is 28.2. The summed E-state index contributed by atoms with van der Waals surface area (Å²) in [5.74, 6) is 1.05. The molecule has 38 heavy (non-hydrogen) atoms. The fourth-order valence-corrected chi connectivity index (χ4v) is 6.39. The molecular weight excluding hydrogens is 490 g/mol. The smallest absolute Gasteiger partial charge is 0.222 e. The number of nitrogens with one attached hydrogen (secondary N) is 2. The summed E-state index contributed by atoms with van der Waals surface area (Å²) in [7, 11) is 0. The minimum atomic E-state index is 0.314. The molecule has 6 nitrogen and oxygen atoms in total. The molecule has 2 N–H and O–H groups in total. The first-order valence-corrected chi connectivity index (χ1v) is 15.2. The van der Waals surface area contributed by atoms with E-state index in [-0.39, 0.29) is 0 Å². The predicted octanol–water partition coefficient (Wildman–Crippen LogP) is 8.12. The van der Waals surface area contributed by atoms with E-state index < -0.39 is 0 Å². The molecule has 1 aromatic carbocycles. The molecule has 3 aromatic rings. The number of aromatic nitrogens is 2. The normalized spacial score (nSPS) is 17.1. The highest BCUT2D eigenvalue weighted by atomic mass is 32.2. The van der Waals surface area contributed by atoms with Gasteiger partial charge in [-0.2, -0.15) is 0 Å². The Labute approximate surface area is 230 Å². The fourth-order valence-electron chi connectivity index (χ4n) is 5.81. The summed E-state index contributed by atoms with van der Waals surface area (Å²) in [6.45, 7) is 5.14. The number of carbonyl (C=O) groups excluding carboxylic acids is 1. The summed E-state index contributed by atoms with van der Waals surface area (Å²) in [5.41, 5.74) is 6.10. The number of hydrogen-bond acceptors (Lipinski definition) is 5. The average molecular weight is 530 g/mol. The highest BCUT2D eigenvalue weighted by Gasteiger charge is 2.21. The molecule has 5 rings (SSSR count). The van der Waals surface area contributed by atoms with Gasteiger partial charge in [0.1, 0.15) is 5.65 Å². The zero-order valence-electron chi connectivity index (χ0n) is 22.5. The van der Waals surface area contributed by atoms with E-state index >= 15 is 0 Å². The number of rotatable bonds is 8. The van der Waals surface area contributed by atoms with E-state index in [0.717, 1.165) is 64.0 Å². The van der Waals surface area contributed by atoms with Crippen molar-refractivity contribution in [3.63, 3.8) is 0 Å². The number of anilines is 2. The van der Waals surface area contributed by atoms with Gasteiger partial charge in [0.25, 0.3) is 0 Å². The molecule has 0 spiro atoms. The van der Waals surface area contributed by atoms with Gasteiger partial charge in [-0.3, -0.25) is 9.79 Å². The number of benzene rings is 1. The molecule has 7 heteroatoms. The number of aliphatic imine (C=N–C) groups is 1. The lowest BCUT2D eigenvalue weighted by Gasteiger charge is -2.27. The number of carbonyl (C=O) groups is 1. The highest BCUT2D eigenvalue weighted by Crippen LogP contribution is 2.34. The van der Waals surface area contributed by atoms with Crippen LogP contribution in [0.2, 0.25) is 0 Å². The van der Waals surface area contributed by atoms with Crippen molar-refractivity contribution in [3.05, 3.63) is 48.3 Å². The number of hydrogen-bond donors (Lipinski definition) is 2. The molecule has 2 aliphatic rings. The number of H-pyrrole nitrogens is 1. The zero-order valence-corrected chi connectivity index (χ0v) is 23.3. The predicted molar refractivity (Wildman–Crippen MR) is 161 cm³/mol. The van der Waals surface area contributed by atoms with Gasteiger partial charge in [-0.15, -0.1) is 11.8 Å². The second-order valence-corrected chi connectivity index (χ2v) is 11.4. The van der Waals surface area contributed by atoms with Gasteiger partial charge in [-0.1, -0.05) is 51.0 Å². The molecule has 2 aromatic heterocycles. The van der Waals surface area contributed by atoms with Gasteiger partial charge in [-0.05, 0) is 67.6 Å². The van der Waals surface area contributed by atoms with Crippen molar-refractivity contribution in [1.29, 1.82) is 0 Å². The van der Waals surface area contributed by atoms with Crippen LogP contribution in [0.1, 0.15) is 69.9 Å². The third-order valence-electron chi connectivity index (χ3n) is 8.06. The summed E-state index contributed by atoms with van der Waals surface area (Å²) in [6.07, 6.45) is 18.1. The molecule has 200 valence electrons. The number of aromatic amines is 1. The Balaban J connectivity index is 1.23. The molecule has 1 aliphatic carbocycles. The van der Waals surface area contributed by atoms with E-state index in [2.05, 4.69) is 45.2 Å². The van der Waals surface area contributed by atoms with Crippen LogP contribution in [0.15, 0.2) is 52.5 Å². The van der Waals surface area contributed by atoms with Crippen LogP contribution in [-0.4, -0.2) is 46.8 Å². The largest absolute Gasteiger partial charge is 0.355 e. The Bertz CT molecular complexity index is 1300. The van der Waals surface area contributed by atoms with E-state index in [0.29, 0.717) is 18.9 Å². The van der Waals surface area contributed by atoms with Gasteiger partial charge in [0, 0.05) is 47.4 Å². The van der Waals surface area contributed by atoms with Crippen LogP contribution in [-0.2, 0) is 4.79 Å². The maximum absolute atomic E-state index is 12.9. The molecule has 1 amide bonds. The Morgan fingerprint density at radius 3 is 2.74 bits per heavy atom. The standard InChI is InChI=1S/C31H39N5OS/c1-32-27-12-11-24(20-29(27)38-2)34-26-14-17-33-31-25(26)21-28(35-31)23-15-18-36(19-16-23)30(37)13-10-22-8-6-4-3-5-7-9-22/h11-12,14-15,17,20-22H,1,3-10,13,16,18-19H2,2H3,(H2,33,34,35). The highest BCUT2D eigenvalue weighted by molar-refractivity contribution is 7.98. The van der Waals surface area contributed by atoms with Crippen molar-refractivity contribution in [1.82, 2.24) is 14.9 Å². The van der Waals surface area contributed by atoms with Crippen LogP contribution in [0.25, 0.3) is 16.6 Å². The van der Waals surface area contributed by atoms with Crippen molar-refractivity contribution in [3.8, 4) is 0 Å². The minimum Gasteiger partial charge on any atom is -0.355 e. The molecular formula is C31H39N5OS. The van der Waals surface area contributed by atoms with Gasteiger partial charge in [0.2, 0.25) is 5.91 Å². The Morgan fingerprint density at radius 2 is 2.00 bits per heavy atom. The number of amides is 1. The molecule has 3 heterocycles. The van der Waals surface area contributed by atoms with Crippen LogP contribution in [0.4, 0.5) is 17.1 Å². The van der Waals surface area contributed by atoms with E-state index in [9.17, 15) is 4.79 Å². The SMILES string of the molecule is C=Nc1ccc(Nc2ccnc3[nH]c(C4=CCN(C(=O)CCC5CCCCCCC5)CC4)cc23)cc1SC. The minimum absolute atomic E-state index is 0.314. The summed E-state index contributed by atoms with van der Waals surface area (Å²) in [5, 5.41) is 4.61.